The molecule has 6 heteroatoms. The Labute approximate surface area is 104 Å². The average molecular weight is 258 g/mol. The molecule has 94 valence electrons. The number of nitrogens with one attached hydrogen (secondary N) is 2. The van der Waals surface area contributed by atoms with Gasteiger partial charge < -0.3 is 15.4 Å². The van der Waals surface area contributed by atoms with Crippen molar-refractivity contribution in [2.45, 2.75) is 37.6 Å². The highest BCUT2D eigenvalue weighted by molar-refractivity contribution is 6.32. The molecule has 5 nitrogen and oxygen atoms in total. The second kappa shape index (κ2) is 5.06. The van der Waals surface area contributed by atoms with Crippen molar-refractivity contribution < 1.29 is 5.11 Å². The molecule has 0 atom stereocenters. The van der Waals surface area contributed by atoms with Gasteiger partial charge in [0.2, 0.25) is 0 Å². The minimum Gasteiger partial charge on any atom is -0.394 e. The van der Waals surface area contributed by atoms with Crippen LogP contribution in [0.2, 0.25) is 5.02 Å². The zero-order valence-corrected chi connectivity index (χ0v) is 10.3. The van der Waals surface area contributed by atoms with E-state index in [9.17, 15) is 9.90 Å². The highest BCUT2D eigenvalue weighted by Gasteiger charge is 2.32. The quantitative estimate of drug-likeness (QED) is 0.767. The first-order valence-electron chi connectivity index (χ1n) is 5.79. The van der Waals surface area contributed by atoms with Crippen LogP contribution in [-0.2, 0) is 0 Å². The molecule has 0 amide bonds. The van der Waals surface area contributed by atoms with Crippen molar-refractivity contribution in [2.75, 3.05) is 11.9 Å². The summed E-state index contributed by atoms with van der Waals surface area (Å²) in [6.45, 7) is 0.0256. The van der Waals surface area contributed by atoms with Crippen LogP contribution in [0.15, 0.2) is 11.1 Å². The largest absolute Gasteiger partial charge is 0.394 e. The maximum absolute atomic E-state index is 11.3. The maximum Gasteiger partial charge on any atom is 0.271 e. The van der Waals surface area contributed by atoms with Crippen molar-refractivity contribution in [3.63, 3.8) is 0 Å². The van der Waals surface area contributed by atoms with Crippen molar-refractivity contribution in [3.8, 4) is 0 Å². The summed E-state index contributed by atoms with van der Waals surface area (Å²) in [7, 11) is 0. The molecule has 1 aliphatic carbocycles. The Kier molecular flexibility index (Phi) is 3.69. The lowest BCUT2D eigenvalue weighted by molar-refractivity contribution is 0.172. The smallest absolute Gasteiger partial charge is 0.271 e. The molecule has 1 saturated carbocycles. The van der Waals surface area contributed by atoms with Gasteiger partial charge in [-0.05, 0) is 12.8 Å². The molecule has 0 radical (unpaired) electrons. The van der Waals surface area contributed by atoms with E-state index < -0.39 is 0 Å². The SMILES string of the molecule is O=c1[nH]cnc(NC2(CO)CCCCC2)c1Cl. The Bertz CT molecular complexity index is 441. The van der Waals surface area contributed by atoms with Gasteiger partial charge in [-0.3, -0.25) is 4.79 Å². The number of hydrogen-bond acceptors (Lipinski definition) is 4. The summed E-state index contributed by atoms with van der Waals surface area (Å²) in [5.41, 5.74) is -0.754. The third kappa shape index (κ3) is 2.61. The number of halogens is 1. The number of aliphatic hydroxyl groups excluding tert-OH is 1. The van der Waals surface area contributed by atoms with E-state index in [1.807, 2.05) is 0 Å². The number of anilines is 1. The molecular formula is C11H16ClN3O2. The van der Waals surface area contributed by atoms with Crippen LogP contribution < -0.4 is 10.9 Å². The van der Waals surface area contributed by atoms with Crippen molar-refractivity contribution in [3.05, 3.63) is 21.7 Å². The van der Waals surface area contributed by atoms with Crippen LogP contribution in [0.25, 0.3) is 0 Å². The van der Waals surface area contributed by atoms with Gasteiger partial charge in [0.15, 0.2) is 5.82 Å². The zero-order chi connectivity index (χ0) is 12.3. The predicted molar refractivity (Wildman–Crippen MR) is 66.4 cm³/mol. The highest BCUT2D eigenvalue weighted by atomic mass is 35.5. The first-order chi connectivity index (χ1) is 8.17. The van der Waals surface area contributed by atoms with Gasteiger partial charge >= 0.3 is 0 Å². The van der Waals surface area contributed by atoms with E-state index in [0.29, 0.717) is 5.82 Å². The summed E-state index contributed by atoms with van der Waals surface area (Å²) < 4.78 is 0. The minimum absolute atomic E-state index is 0.0256. The lowest BCUT2D eigenvalue weighted by Crippen LogP contribution is -2.44. The second-order valence-electron chi connectivity index (χ2n) is 4.52. The zero-order valence-electron chi connectivity index (χ0n) is 9.50. The fraction of sp³-hybridized carbons (Fsp3) is 0.636. The van der Waals surface area contributed by atoms with E-state index >= 15 is 0 Å². The van der Waals surface area contributed by atoms with Gasteiger partial charge in [-0.2, -0.15) is 0 Å². The number of hydrogen-bond donors (Lipinski definition) is 3. The summed E-state index contributed by atoms with van der Waals surface area (Å²) >= 11 is 5.88. The molecule has 0 bridgehead atoms. The Morgan fingerprint density at radius 3 is 2.82 bits per heavy atom. The van der Waals surface area contributed by atoms with Crippen LogP contribution in [0, 0.1) is 0 Å². The van der Waals surface area contributed by atoms with E-state index in [4.69, 9.17) is 11.6 Å². The third-order valence-electron chi connectivity index (χ3n) is 3.29. The number of aliphatic hydroxyl groups is 1. The summed E-state index contributed by atoms with van der Waals surface area (Å²) in [5, 5.41) is 12.7. The van der Waals surface area contributed by atoms with Gasteiger partial charge in [0.1, 0.15) is 5.02 Å². The summed E-state index contributed by atoms with van der Waals surface area (Å²) in [4.78, 5) is 17.8. The summed E-state index contributed by atoms with van der Waals surface area (Å²) in [6, 6.07) is 0. The monoisotopic (exact) mass is 257 g/mol. The van der Waals surface area contributed by atoms with E-state index in [-0.39, 0.29) is 22.7 Å². The standard InChI is InChI=1S/C11H16ClN3O2/c12-8-9(13-7-14-10(8)17)15-11(6-16)4-2-1-3-5-11/h7,16H,1-6H2,(H2,13,14,15,17). The topological polar surface area (TPSA) is 78.0 Å². The van der Waals surface area contributed by atoms with Crippen molar-refractivity contribution in [1.82, 2.24) is 9.97 Å². The molecule has 0 unspecified atom stereocenters. The van der Waals surface area contributed by atoms with Crippen LogP contribution in [-0.4, -0.2) is 27.2 Å². The number of H-pyrrole nitrogens is 1. The summed E-state index contributed by atoms with van der Waals surface area (Å²) in [5.74, 6) is 0.353. The van der Waals surface area contributed by atoms with Crippen molar-refractivity contribution in [1.29, 1.82) is 0 Å². The summed E-state index contributed by atoms with van der Waals surface area (Å²) in [6.07, 6.45) is 6.36. The lowest BCUT2D eigenvalue weighted by atomic mass is 9.82. The Morgan fingerprint density at radius 1 is 1.47 bits per heavy atom. The fourth-order valence-corrected chi connectivity index (χ4v) is 2.42. The number of rotatable bonds is 3. The van der Waals surface area contributed by atoms with Crippen LogP contribution in [0.1, 0.15) is 32.1 Å². The molecular weight excluding hydrogens is 242 g/mol. The number of nitrogens with zero attached hydrogens (tertiary/aromatic N) is 1. The van der Waals surface area contributed by atoms with Crippen LogP contribution >= 0.6 is 11.6 Å². The molecule has 1 aromatic rings. The van der Waals surface area contributed by atoms with Crippen LogP contribution in [0.3, 0.4) is 0 Å². The maximum atomic E-state index is 11.3. The molecule has 0 aliphatic heterocycles. The molecule has 1 aromatic heterocycles. The van der Waals surface area contributed by atoms with Crippen molar-refractivity contribution in [2.24, 2.45) is 0 Å². The number of aromatic amines is 1. The molecule has 0 spiro atoms. The first-order valence-corrected chi connectivity index (χ1v) is 6.17. The van der Waals surface area contributed by atoms with Gasteiger partial charge in [-0.25, -0.2) is 4.98 Å². The van der Waals surface area contributed by atoms with Gasteiger partial charge in [-0.1, -0.05) is 30.9 Å². The Balaban J connectivity index is 2.23. The van der Waals surface area contributed by atoms with E-state index in [2.05, 4.69) is 15.3 Å². The van der Waals surface area contributed by atoms with E-state index in [1.165, 1.54) is 12.7 Å². The van der Waals surface area contributed by atoms with Gasteiger partial charge in [0.25, 0.3) is 5.56 Å². The Hall–Kier alpha value is -1.07. The average Bonchev–Trinajstić information content (AvgIpc) is 2.36. The molecule has 0 saturated heterocycles. The molecule has 1 fully saturated rings. The first kappa shape index (κ1) is 12.4. The van der Waals surface area contributed by atoms with E-state index in [0.717, 1.165) is 25.7 Å². The molecule has 3 N–H and O–H groups in total. The second-order valence-corrected chi connectivity index (χ2v) is 4.90. The van der Waals surface area contributed by atoms with Gasteiger partial charge in [0, 0.05) is 0 Å². The molecule has 17 heavy (non-hydrogen) atoms. The van der Waals surface area contributed by atoms with Gasteiger partial charge in [-0.15, -0.1) is 0 Å². The highest BCUT2D eigenvalue weighted by Crippen LogP contribution is 2.31. The number of aromatic nitrogens is 2. The Morgan fingerprint density at radius 2 is 2.18 bits per heavy atom. The fourth-order valence-electron chi connectivity index (χ4n) is 2.27. The predicted octanol–water partition coefficient (Wildman–Crippen LogP) is 1.53. The third-order valence-corrected chi connectivity index (χ3v) is 3.64. The molecule has 1 aliphatic rings. The van der Waals surface area contributed by atoms with Gasteiger partial charge in [0.05, 0.1) is 18.5 Å². The van der Waals surface area contributed by atoms with E-state index in [1.54, 1.807) is 0 Å². The molecule has 1 heterocycles. The lowest BCUT2D eigenvalue weighted by Gasteiger charge is -2.37. The van der Waals surface area contributed by atoms with Crippen LogP contribution in [0.4, 0.5) is 5.82 Å². The van der Waals surface area contributed by atoms with Crippen molar-refractivity contribution >= 4 is 17.4 Å². The molecule has 2 rings (SSSR count). The molecule has 0 aromatic carbocycles. The van der Waals surface area contributed by atoms with Crippen LogP contribution in [0.5, 0.6) is 0 Å². The minimum atomic E-state index is -0.386. The normalized spacial score (nSPS) is 18.9.